The third-order valence-electron chi connectivity index (χ3n) is 3.94. The van der Waals surface area contributed by atoms with Gasteiger partial charge < -0.3 is 41.5 Å². The monoisotopic (exact) mass is 777 g/mol. The average Bonchev–Trinajstić information content (AvgIpc) is 2.70. The minimum atomic E-state index is -1.83. The summed E-state index contributed by atoms with van der Waals surface area (Å²) in [5, 5.41) is 55.5. The highest BCUT2D eigenvalue weighted by atomic mass is 127. The Labute approximate surface area is 218 Å². The number of hydrogen-bond acceptors (Lipinski definition) is 8. The molecule has 0 aliphatic heterocycles. The van der Waals surface area contributed by atoms with Crippen molar-refractivity contribution >= 4 is 96.9 Å². The molecule has 4 atom stereocenters. The molecule has 8 N–H and O–H groups in total. The van der Waals surface area contributed by atoms with Crippen LogP contribution in [0.25, 0.3) is 0 Å². The van der Waals surface area contributed by atoms with Crippen LogP contribution in [-0.4, -0.2) is 80.8 Å². The van der Waals surface area contributed by atoms with Crippen LogP contribution in [0.15, 0.2) is 0 Å². The molecule has 0 heterocycles. The second-order valence-electron chi connectivity index (χ2n) is 6.44. The van der Waals surface area contributed by atoms with Crippen molar-refractivity contribution < 1.29 is 39.9 Å². The van der Waals surface area contributed by atoms with Crippen molar-refractivity contribution in [2.24, 2.45) is 0 Å². The number of benzene rings is 1. The molecule has 1 rings (SSSR count). The fourth-order valence-electron chi connectivity index (χ4n) is 2.40. The first kappa shape index (κ1) is 28.7. The van der Waals surface area contributed by atoms with Crippen LogP contribution in [0.3, 0.4) is 0 Å². The van der Waals surface area contributed by atoms with Crippen molar-refractivity contribution in [1.29, 1.82) is 0 Å². The topological polar surface area (TPSA) is 188 Å². The van der Waals surface area contributed by atoms with Crippen LogP contribution in [0.1, 0.15) is 24.2 Å². The number of carbonyl (C=O) groups excluding carboxylic acids is 3. The van der Waals surface area contributed by atoms with E-state index < -0.39 is 43.5 Å². The molecule has 0 unspecified atom stereocenters. The first-order chi connectivity index (χ1) is 14.3. The number of halogens is 3. The number of rotatable bonds is 9. The van der Waals surface area contributed by atoms with Crippen molar-refractivity contribution in [3.05, 3.63) is 16.3 Å². The molecule has 0 fully saturated rings. The van der Waals surface area contributed by atoms with E-state index in [1.807, 2.05) is 67.8 Å². The quantitative estimate of drug-likeness (QED) is 0.156. The third-order valence-corrected chi connectivity index (χ3v) is 7.18. The lowest BCUT2D eigenvalue weighted by atomic mass is 10.0. The van der Waals surface area contributed by atoms with Gasteiger partial charge in [0, 0.05) is 20.4 Å². The van der Waals surface area contributed by atoms with Gasteiger partial charge in [-0.2, -0.15) is 0 Å². The lowest BCUT2D eigenvalue weighted by molar-refractivity contribution is -0.115. The maximum atomic E-state index is 12.9. The summed E-state index contributed by atoms with van der Waals surface area (Å²) in [6, 6.07) is 0. The van der Waals surface area contributed by atoms with Crippen LogP contribution >= 0.6 is 67.8 Å². The molecule has 1 aromatic rings. The van der Waals surface area contributed by atoms with E-state index in [1.54, 1.807) is 0 Å². The van der Waals surface area contributed by atoms with Crippen LogP contribution in [0.2, 0.25) is 0 Å². The number of hydrogen-bond donors (Lipinski definition) is 8. The zero-order valence-corrected chi connectivity index (χ0v) is 22.8. The van der Waals surface area contributed by atoms with Crippen LogP contribution in [0.4, 0.5) is 11.4 Å². The summed E-state index contributed by atoms with van der Waals surface area (Å²) < 4.78 is 1.29. The highest BCUT2D eigenvalue weighted by Gasteiger charge is 2.31. The second-order valence-corrected chi connectivity index (χ2v) is 9.67. The molecule has 14 heteroatoms. The number of amides is 3. The molecule has 0 saturated heterocycles. The molecule has 0 saturated carbocycles. The van der Waals surface area contributed by atoms with Gasteiger partial charge in [-0.3, -0.25) is 14.4 Å². The lowest BCUT2D eigenvalue weighted by Gasteiger charge is -2.26. The summed E-state index contributed by atoms with van der Waals surface area (Å²) >= 11 is 5.69. The van der Waals surface area contributed by atoms with E-state index in [4.69, 9.17) is 5.11 Å². The van der Waals surface area contributed by atoms with Crippen molar-refractivity contribution in [2.45, 2.75) is 38.3 Å². The fraction of sp³-hybridized carbons (Fsp3) is 0.471. The molecule has 1 aromatic carbocycles. The number of aliphatic hydroxyl groups excluding tert-OH is 5. The predicted molar refractivity (Wildman–Crippen MR) is 137 cm³/mol. The molecule has 0 bridgehead atoms. The van der Waals surface area contributed by atoms with Gasteiger partial charge in [0.25, 0.3) is 5.91 Å². The molecule has 0 radical (unpaired) electrons. The van der Waals surface area contributed by atoms with Crippen molar-refractivity contribution in [1.82, 2.24) is 5.32 Å². The largest absolute Gasteiger partial charge is 0.394 e. The summed E-state index contributed by atoms with van der Waals surface area (Å²) in [4.78, 5) is 36.1. The number of carbonyl (C=O) groups is 3. The Morgan fingerprint density at radius 2 is 1.23 bits per heavy atom. The van der Waals surface area contributed by atoms with Gasteiger partial charge in [0.1, 0.15) is 18.3 Å². The van der Waals surface area contributed by atoms with Gasteiger partial charge >= 0.3 is 0 Å². The summed E-state index contributed by atoms with van der Waals surface area (Å²) in [5.74, 6) is -1.44. The molecular weight excluding hydrogens is 755 g/mol. The van der Waals surface area contributed by atoms with Crippen molar-refractivity contribution in [3.63, 3.8) is 0 Å². The minimum Gasteiger partial charge on any atom is -0.394 e. The van der Waals surface area contributed by atoms with Crippen molar-refractivity contribution in [3.8, 4) is 0 Å². The van der Waals surface area contributed by atoms with Crippen LogP contribution in [0.5, 0.6) is 0 Å². The van der Waals surface area contributed by atoms with E-state index in [1.165, 1.54) is 13.8 Å². The van der Waals surface area contributed by atoms with Crippen LogP contribution in [0, 0.1) is 10.7 Å². The SMILES string of the molecule is CC(=O)Nc1c(I)c(NC(C)=O)c(I)c(C(=O)NC[C@H](O)[C@@H](O)[C@H](O)[C@H](O)CO)c1I. The normalized spacial score (nSPS) is 14.9. The van der Waals surface area contributed by atoms with E-state index in [2.05, 4.69) is 16.0 Å². The first-order valence-electron chi connectivity index (χ1n) is 8.70. The van der Waals surface area contributed by atoms with E-state index in [9.17, 15) is 34.8 Å². The maximum absolute atomic E-state index is 12.9. The van der Waals surface area contributed by atoms with E-state index in [-0.39, 0.29) is 17.4 Å². The molecule has 3 amide bonds. The fourth-order valence-corrected chi connectivity index (χ4v) is 6.60. The van der Waals surface area contributed by atoms with Gasteiger partial charge in [-0.25, -0.2) is 0 Å². The summed E-state index contributed by atoms with van der Waals surface area (Å²) in [7, 11) is 0. The number of aliphatic hydroxyl groups is 5. The van der Waals surface area contributed by atoms with Crippen LogP contribution < -0.4 is 16.0 Å². The van der Waals surface area contributed by atoms with E-state index in [0.717, 1.165) is 0 Å². The highest BCUT2D eigenvalue weighted by Crippen LogP contribution is 2.38. The molecule has 0 spiro atoms. The summed E-state index contributed by atoms with van der Waals surface area (Å²) in [6.45, 7) is 1.28. The molecular formula is C17H22I3N3O8. The standard InChI is InChI=1S/C17H22I3N3O8/c1-5(25)22-13-10(18)9(11(19)14(12(13)20)23-6(2)26)17(31)21-3-7(27)15(29)16(30)8(28)4-24/h7-8,15-16,24,27-30H,3-4H2,1-2H3,(H,21,31)(H,22,25)(H,23,26)/t7-,8+,15+,16+/m0/s1. The Balaban J connectivity index is 3.23. The maximum Gasteiger partial charge on any atom is 0.253 e. The van der Waals surface area contributed by atoms with E-state index in [0.29, 0.717) is 22.1 Å². The smallest absolute Gasteiger partial charge is 0.253 e. The summed E-state index contributed by atoms with van der Waals surface area (Å²) in [5.41, 5.74) is 0.766. The molecule has 0 aliphatic rings. The van der Waals surface area contributed by atoms with Gasteiger partial charge in [0.2, 0.25) is 11.8 Å². The Hall–Kier alpha value is -0.380. The lowest BCUT2D eigenvalue weighted by Crippen LogP contribution is -2.49. The predicted octanol–water partition coefficient (Wildman–Crippen LogP) is -0.417. The molecule has 31 heavy (non-hydrogen) atoms. The van der Waals surface area contributed by atoms with Gasteiger partial charge in [-0.15, -0.1) is 0 Å². The van der Waals surface area contributed by atoms with E-state index >= 15 is 0 Å². The number of anilines is 2. The van der Waals surface area contributed by atoms with Gasteiger partial charge in [-0.05, 0) is 67.8 Å². The molecule has 0 aromatic heterocycles. The summed E-state index contributed by atoms with van der Waals surface area (Å²) in [6.07, 6.45) is -6.97. The third kappa shape index (κ3) is 7.57. The van der Waals surface area contributed by atoms with Gasteiger partial charge in [0.15, 0.2) is 0 Å². The minimum absolute atomic E-state index is 0.117. The zero-order chi connectivity index (χ0) is 24.0. The molecule has 174 valence electrons. The first-order valence-corrected chi connectivity index (χ1v) is 11.9. The Morgan fingerprint density at radius 3 is 1.61 bits per heavy atom. The Kier molecular flexibility index (Phi) is 11.8. The Morgan fingerprint density at radius 1 is 0.806 bits per heavy atom. The van der Waals surface area contributed by atoms with Crippen molar-refractivity contribution in [2.75, 3.05) is 23.8 Å². The van der Waals surface area contributed by atoms with Gasteiger partial charge in [-0.1, -0.05) is 0 Å². The van der Waals surface area contributed by atoms with Crippen LogP contribution in [-0.2, 0) is 9.59 Å². The second kappa shape index (κ2) is 12.8. The zero-order valence-electron chi connectivity index (χ0n) is 16.3. The molecule has 0 aliphatic carbocycles. The van der Waals surface area contributed by atoms with Gasteiger partial charge in [0.05, 0.1) is 40.4 Å². The average molecular weight is 777 g/mol. The Bertz CT molecular complexity index is 811. The molecule has 11 nitrogen and oxygen atoms in total. The number of nitrogens with one attached hydrogen (secondary N) is 3. The highest BCUT2D eigenvalue weighted by molar-refractivity contribution is 14.1.